The van der Waals surface area contributed by atoms with Gasteiger partial charge in [-0.2, -0.15) is 0 Å². The second kappa shape index (κ2) is 6.44. The molecular weight excluding hydrogens is 301 g/mol. The minimum Gasteiger partial charge on any atom is -0.398 e. The molecule has 1 aliphatic heterocycles. The lowest BCUT2D eigenvalue weighted by molar-refractivity contribution is 0.120. The monoisotopic (exact) mass is 321 g/mol. The summed E-state index contributed by atoms with van der Waals surface area (Å²) in [5.74, 6) is 0. The van der Waals surface area contributed by atoms with E-state index in [9.17, 15) is 0 Å². The van der Waals surface area contributed by atoms with Crippen LogP contribution in [0.25, 0.3) is 5.70 Å². The Hall–Kier alpha value is -2.08. The zero-order valence-electron chi connectivity index (χ0n) is 13.8. The molecule has 0 N–H and O–H groups in total. The van der Waals surface area contributed by atoms with Gasteiger partial charge in [0.1, 0.15) is 6.10 Å². The molecule has 2 aliphatic rings. The number of hydrogen-bond donors (Lipinski definition) is 0. The van der Waals surface area contributed by atoms with Gasteiger partial charge in [0.25, 0.3) is 0 Å². The molecule has 0 spiro atoms. The van der Waals surface area contributed by atoms with Crippen LogP contribution in [0.1, 0.15) is 18.6 Å². The number of methoxy groups -OCH3 is 1. The van der Waals surface area contributed by atoms with Crippen LogP contribution in [0.5, 0.6) is 0 Å². The third-order valence-corrected chi connectivity index (χ3v) is 4.65. The van der Waals surface area contributed by atoms with Gasteiger partial charge < -0.3 is 18.6 Å². The molecule has 24 heavy (non-hydrogen) atoms. The molecule has 4 rings (SSSR count). The molecule has 4 nitrogen and oxygen atoms in total. The van der Waals surface area contributed by atoms with Crippen molar-refractivity contribution in [3.8, 4) is 0 Å². The molecule has 1 aromatic carbocycles. The Morgan fingerprint density at radius 2 is 1.92 bits per heavy atom. The summed E-state index contributed by atoms with van der Waals surface area (Å²) >= 11 is 0. The van der Waals surface area contributed by atoms with Crippen LogP contribution in [0, 0.1) is 0 Å². The molecular formula is C19H20BNO3. The summed E-state index contributed by atoms with van der Waals surface area (Å²) in [4.78, 5) is 0. The van der Waals surface area contributed by atoms with Crippen molar-refractivity contribution in [2.75, 3.05) is 7.11 Å². The number of ether oxygens (including phenoxy) is 1. The van der Waals surface area contributed by atoms with Gasteiger partial charge in [0.15, 0.2) is 0 Å². The van der Waals surface area contributed by atoms with E-state index in [1.165, 1.54) is 0 Å². The van der Waals surface area contributed by atoms with Crippen LogP contribution in [0.15, 0.2) is 67.0 Å². The summed E-state index contributed by atoms with van der Waals surface area (Å²) in [7, 11) is 1.32. The zero-order chi connectivity index (χ0) is 16.5. The molecule has 1 fully saturated rings. The van der Waals surface area contributed by atoms with Crippen LogP contribution < -0.4 is 5.46 Å². The van der Waals surface area contributed by atoms with Gasteiger partial charge in [0.2, 0.25) is 0 Å². The topological polar surface area (TPSA) is 32.6 Å². The second-order valence-electron chi connectivity index (χ2n) is 6.06. The van der Waals surface area contributed by atoms with E-state index in [0.717, 1.165) is 16.7 Å². The summed E-state index contributed by atoms with van der Waals surface area (Å²) in [6.07, 6.45) is 10.0. The smallest absolute Gasteiger partial charge is 0.398 e. The third-order valence-electron chi connectivity index (χ3n) is 4.65. The lowest BCUT2D eigenvalue weighted by atomic mass is 9.75. The fourth-order valence-corrected chi connectivity index (χ4v) is 3.31. The molecule has 5 heteroatoms. The maximum Gasteiger partial charge on any atom is 0.495 e. The fourth-order valence-electron chi connectivity index (χ4n) is 3.31. The Morgan fingerprint density at radius 1 is 1.12 bits per heavy atom. The van der Waals surface area contributed by atoms with E-state index in [2.05, 4.69) is 28.9 Å². The fraction of sp³-hybridized carbons (Fsp3) is 0.263. The first-order valence-electron chi connectivity index (χ1n) is 8.22. The van der Waals surface area contributed by atoms with E-state index in [-0.39, 0.29) is 18.3 Å². The van der Waals surface area contributed by atoms with Crippen molar-refractivity contribution in [1.29, 1.82) is 0 Å². The Morgan fingerprint density at radius 3 is 2.71 bits per heavy atom. The number of benzene rings is 1. The first kappa shape index (κ1) is 15.5. The Balaban J connectivity index is 1.64. The molecule has 3 atom stereocenters. The summed E-state index contributed by atoms with van der Waals surface area (Å²) < 4.78 is 20.1. The van der Waals surface area contributed by atoms with Crippen molar-refractivity contribution in [3.05, 3.63) is 72.6 Å². The standard InChI is InChI=1S/C19H20BNO3/c1-14(22-2)15-8-3-4-9-16(15)20-23-18-11-7-10-17(19(18)24-20)21-12-5-6-13-21/h3-14,18-19H,1-2H3/t14-,18-,19+/m0/s1. The molecule has 0 unspecified atom stereocenters. The van der Waals surface area contributed by atoms with Crippen LogP contribution >= 0.6 is 0 Å². The molecule has 0 bridgehead atoms. The summed E-state index contributed by atoms with van der Waals surface area (Å²) in [5.41, 5.74) is 3.22. The lowest BCUT2D eigenvalue weighted by Crippen LogP contribution is -2.36. The largest absolute Gasteiger partial charge is 0.495 e. The van der Waals surface area contributed by atoms with E-state index in [1.54, 1.807) is 7.11 Å². The van der Waals surface area contributed by atoms with Crippen LogP contribution in [0.3, 0.4) is 0 Å². The molecule has 1 aromatic heterocycles. The summed E-state index contributed by atoms with van der Waals surface area (Å²) in [6, 6.07) is 12.2. The van der Waals surface area contributed by atoms with Crippen LogP contribution in [0.2, 0.25) is 0 Å². The number of hydrogen-bond acceptors (Lipinski definition) is 3. The van der Waals surface area contributed by atoms with Gasteiger partial charge in [-0.1, -0.05) is 36.4 Å². The van der Waals surface area contributed by atoms with Crippen LogP contribution in [-0.2, 0) is 14.0 Å². The summed E-state index contributed by atoms with van der Waals surface area (Å²) in [6.45, 7) is 2.03. The van der Waals surface area contributed by atoms with E-state index in [1.807, 2.05) is 49.7 Å². The van der Waals surface area contributed by atoms with Crippen molar-refractivity contribution in [2.24, 2.45) is 0 Å². The van der Waals surface area contributed by atoms with E-state index in [4.69, 9.17) is 14.0 Å². The maximum atomic E-state index is 6.31. The SMILES string of the molecule is CO[C@@H](C)c1ccccc1B1O[C@H]2C=CC=C(n3cccc3)[C@H]2O1. The first-order chi connectivity index (χ1) is 11.8. The normalized spacial score (nSPS) is 23.9. The van der Waals surface area contributed by atoms with Gasteiger partial charge in [-0.25, -0.2) is 0 Å². The minimum atomic E-state index is -0.393. The highest BCUT2D eigenvalue weighted by atomic mass is 16.7. The van der Waals surface area contributed by atoms with Crippen molar-refractivity contribution in [1.82, 2.24) is 4.57 Å². The molecule has 2 aromatic rings. The molecule has 0 radical (unpaired) electrons. The molecule has 1 saturated heterocycles. The van der Waals surface area contributed by atoms with Gasteiger partial charge in [-0.3, -0.25) is 0 Å². The van der Waals surface area contributed by atoms with Crippen molar-refractivity contribution < 1.29 is 14.0 Å². The van der Waals surface area contributed by atoms with Crippen molar-refractivity contribution in [3.63, 3.8) is 0 Å². The lowest BCUT2D eigenvalue weighted by Gasteiger charge is -2.22. The first-order valence-corrected chi connectivity index (χ1v) is 8.22. The van der Waals surface area contributed by atoms with E-state index < -0.39 is 7.12 Å². The number of rotatable bonds is 4. The van der Waals surface area contributed by atoms with Crippen molar-refractivity contribution in [2.45, 2.75) is 25.2 Å². The molecule has 122 valence electrons. The van der Waals surface area contributed by atoms with Crippen molar-refractivity contribution >= 4 is 18.3 Å². The number of aromatic nitrogens is 1. The highest BCUT2D eigenvalue weighted by molar-refractivity contribution is 6.62. The quantitative estimate of drug-likeness (QED) is 0.812. The number of fused-ring (bicyclic) bond motifs is 1. The van der Waals surface area contributed by atoms with E-state index in [0.29, 0.717) is 0 Å². The average molecular weight is 321 g/mol. The maximum absolute atomic E-state index is 6.31. The van der Waals surface area contributed by atoms with Gasteiger partial charge >= 0.3 is 7.12 Å². The minimum absolute atomic E-state index is 0.00830. The predicted octanol–water partition coefficient (Wildman–Crippen LogP) is 2.79. The van der Waals surface area contributed by atoms with Crippen LogP contribution in [-0.4, -0.2) is 31.0 Å². The second-order valence-corrected chi connectivity index (χ2v) is 6.06. The third kappa shape index (κ3) is 2.65. The Bertz CT molecular complexity index is 769. The Labute approximate surface area is 142 Å². The highest BCUT2D eigenvalue weighted by Gasteiger charge is 2.43. The van der Waals surface area contributed by atoms with Gasteiger partial charge in [-0.05, 0) is 36.2 Å². The average Bonchev–Trinajstić information content (AvgIpc) is 3.30. The molecule has 1 aliphatic carbocycles. The number of nitrogens with zero attached hydrogens (tertiary/aromatic N) is 1. The molecule has 2 heterocycles. The van der Waals surface area contributed by atoms with E-state index >= 15 is 0 Å². The number of allylic oxidation sites excluding steroid dienone is 2. The van der Waals surface area contributed by atoms with Gasteiger partial charge in [0, 0.05) is 19.5 Å². The van der Waals surface area contributed by atoms with Gasteiger partial charge in [0.05, 0.1) is 17.9 Å². The predicted molar refractivity (Wildman–Crippen MR) is 94.8 cm³/mol. The molecule has 0 amide bonds. The molecule has 0 saturated carbocycles. The zero-order valence-corrected chi connectivity index (χ0v) is 13.8. The summed E-state index contributed by atoms with van der Waals surface area (Å²) in [5, 5.41) is 0. The van der Waals surface area contributed by atoms with Gasteiger partial charge in [-0.15, -0.1) is 0 Å². The Kier molecular flexibility index (Phi) is 4.14. The highest BCUT2D eigenvalue weighted by Crippen LogP contribution is 2.30. The van der Waals surface area contributed by atoms with Crippen LogP contribution in [0.4, 0.5) is 0 Å².